The molecule has 4 nitrogen and oxygen atoms in total. The number of hydrogen-bond donors (Lipinski definition) is 2. The van der Waals surface area contributed by atoms with Crippen LogP contribution in [0.3, 0.4) is 0 Å². The molecule has 0 aliphatic heterocycles. The number of amides is 1. The third-order valence-electron chi connectivity index (χ3n) is 1.71. The van der Waals surface area contributed by atoms with E-state index in [2.05, 4.69) is 5.32 Å². The van der Waals surface area contributed by atoms with E-state index in [0.29, 0.717) is 12.3 Å². The fraction of sp³-hybridized carbons (Fsp3) is 0.778. The van der Waals surface area contributed by atoms with E-state index in [1.54, 1.807) is 0 Å². The predicted molar refractivity (Wildman–Crippen MR) is 59.0 cm³/mol. The van der Waals surface area contributed by atoms with Gasteiger partial charge in [-0.15, -0.1) is 0 Å². The van der Waals surface area contributed by atoms with Gasteiger partial charge in [0.2, 0.25) is 11.0 Å². The van der Waals surface area contributed by atoms with Crippen molar-refractivity contribution < 1.29 is 9.59 Å². The third-order valence-corrected chi connectivity index (χ3v) is 2.68. The Balaban J connectivity index is 3.59. The maximum atomic E-state index is 11.4. The Morgan fingerprint density at radius 1 is 1.43 bits per heavy atom. The summed E-state index contributed by atoms with van der Waals surface area (Å²) in [6.45, 7) is 5.79. The molecule has 0 aromatic rings. The molecule has 0 bridgehead atoms. The number of rotatable bonds is 5. The number of thioether (sulfide) groups is 1. The highest BCUT2D eigenvalue weighted by Gasteiger charge is 2.16. The SMILES string of the molecule is CC(=O)NCCSC(=O)C(N)C(C)C. The third kappa shape index (κ3) is 5.99. The summed E-state index contributed by atoms with van der Waals surface area (Å²) >= 11 is 1.18. The van der Waals surface area contributed by atoms with Crippen molar-refractivity contribution in [2.45, 2.75) is 26.8 Å². The van der Waals surface area contributed by atoms with Crippen LogP contribution in [0.25, 0.3) is 0 Å². The Morgan fingerprint density at radius 3 is 2.43 bits per heavy atom. The lowest BCUT2D eigenvalue weighted by Gasteiger charge is -2.13. The van der Waals surface area contributed by atoms with Crippen LogP contribution in [0, 0.1) is 5.92 Å². The van der Waals surface area contributed by atoms with Gasteiger partial charge in [-0.05, 0) is 5.92 Å². The lowest BCUT2D eigenvalue weighted by Crippen LogP contribution is -2.34. The van der Waals surface area contributed by atoms with E-state index in [1.807, 2.05) is 13.8 Å². The molecule has 0 saturated heterocycles. The van der Waals surface area contributed by atoms with Crippen LogP contribution in [0.5, 0.6) is 0 Å². The average Bonchev–Trinajstić information content (AvgIpc) is 2.10. The summed E-state index contributed by atoms with van der Waals surface area (Å²) in [5, 5.41) is 2.61. The van der Waals surface area contributed by atoms with E-state index in [-0.39, 0.29) is 16.9 Å². The zero-order valence-corrected chi connectivity index (χ0v) is 9.69. The van der Waals surface area contributed by atoms with E-state index in [9.17, 15) is 9.59 Å². The largest absolute Gasteiger partial charge is 0.356 e. The topological polar surface area (TPSA) is 72.2 Å². The van der Waals surface area contributed by atoms with Gasteiger partial charge in [-0.2, -0.15) is 0 Å². The van der Waals surface area contributed by atoms with Gasteiger partial charge in [0, 0.05) is 19.2 Å². The average molecular weight is 218 g/mol. The Kier molecular flexibility index (Phi) is 6.57. The molecule has 1 atom stereocenters. The summed E-state index contributed by atoms with van der Waals surface area (Å²) in [5.74, 6) is 0.667. The van der Waals surface area contributed by atoms with Crippen molar-refractivity contribution in [1.29, 1.82) is 0 Å². The van der Waals surface area contributed by atoms with Gasteiger partial charge in [0.1, 0.15) is 0 Å². The van der Waals surface area contributed by atoms with Crippen molar-refractivity contribution in [3.63, 3.8) is 0 Å². The highest BCUT2D eigenvalue weighted by Crippen LogP contribution is 2.09. The number of nitrogens with one attached hydrogen (secondary N) is 1. The highest BCUT2D eigenvalue weighted by molar-refractivity contribution is 8.13. The second-order valence-electron chi connectivity index (χ2n) is 3.42. The zero-order chi connectivity index (χ0) is 11.1. The molecule has 0 aliphatic carbocycles. The van der Waals surface area contributed by atoms with Gasteiger partial charge in [-0.25, -0.2) is 0 Å². The van der Waals surface area contributed by atoms with Crippen LogP contribution in [-0.2, 0) is 9.59 Å². The molecule has 0 heterocycles. The molecular weight excluding hydrogens is 200 g/mol. The van der Waals surface area contributed by atoms with Gasteiger partial charge in [0.05, 0.1) is 6.04 Å². The van der Waals surface area contributed by atoms with E-state index in [0.717, 1.165) is 0 Å². The summed E-state index contributed by atoms with van der Waals surface area (Å²) in [6.07, 6.45) is 0. The Hall–Kier alpha value is -0.550. The smallest absolute Gasteiger partial charge is 0.216 e. The van der Waals surface area contributed by atoms with Crippen LogP contribution < -0.4 is 11.1 Å². The minimum absolute atomic E-state index is 0.00893. The van der Waals surface area contributed by atoms with Crippen molar-refractivity contribution in [3.05, 3.63) is 0 Å². The van der Waals surface area contributed by atoms with Gasteiger partial charge < -0.3 is 11.1 Å². The van der Waals surface area contributed by atoms with Crippen molar-refractivity contribution in [2.24, 2.45) is 11.7 Å². The summed E-state index contributed by atoms with van der Waals surface area (Å²) in [4.78, 5) is 21.9. The summed E-state index contributed by atoms with van der Waals surface area (Å²) in [5.41, 5.74) is 5.64. The molecule has 0 rings (SSSR count). The molecule has 1 amide bonds. The second kappa shape index (κ2) is 6.84. The maximum Gasteiger partial charge on any atom is 0.216 e. The van der Waals surface area contributed by atoms with E-state index in [1.165, 1.54) is 18.7 Å². The maximum absolute atomic E-state index is 11.4. The molecule has 3 N–H and O–H groups in total. The van der Waals surface area contributed by atoms with Crippen molar-refractivity contribution in [1.82, 2.24) is 5.32 Å². The molecule has 0 aliphatic rings. The summed E-state index contributed by atoms with van der Waals surface area (Å²) in [7, 11) is 0. The molecule has 0 aromatic carbocycles. The van der Waals surface area contributed by atoms with Gasteiger partial charge >= 0.3 is 0 Å². The standard InChI is InChI=1S/C9H18N2O2S/c1-6(2)8(10)9(13)14-5-4-11-7(3)12/h6,8H,4-5,10H2,1-3H3,(H,11,12). The van der Waals surface area contributed by atoms with Gasteiger partial charge in [0.15, 0.2) is 0 Å². The van der Waals surface area contributed by atoms with Gasteiger partial charge in [-0.1, -0.05) is 25.6 Å². The molecule has 82 valence electrons. The number of carbonyl (C=O) groups excluding carboxylic acids is 2. The predicted octanol–water partition coefficient (Wildman–Crippen LogP) is 0.366. The normalized spacial score (nSPS) is 12.6. The molecule has 0 fully saturated rings. The first-order valence-electron chi connectivity index (χ1n) is 4.61. The minimum Gasteiger partial charge on any atom is -0.356 e. The fourth-order valence-corrected chi connectivity index (χ4v) is 1.62. The van der Waals surface area contributed by atoms with E-state index >= 15 is 0 Å². The highest BCUT2D eigenvalue weighted by atomic mass is 32.2. The van der Waals surface area contributed by atoms with Crippen LogP contribution in [0.2, 0.25) is 0 Å². The first kappa shape index (κ1) is 13.4. The monoisotopic (exact) mass is 218 g/mol. The quantitative estimate of drug-likeness (QED) is 0.654. The molecule has 5 heteroatoms. The molecule has 0 radical (unpaired) electrons. The number of carbonyl (C=O) groups is 2. The molecule has 0 saturated carbocycles. The van der Waals surface area contributed by atoms with Crippen molar-refractivity contribution in [3.8, 4) is 0 Å². The summed E-state index contributed by atoms with van der Waals surface area (Å²) in [6, 6.07) is -0.405. The number of nitrogens with two attached hydrogens (primary N) is 1. The van der Waals surface area contributed by atoms with Crippen LogP contribution in [-0.4, -0.2) is 29.4 Å². The Bertz CT molecular complexity index is 207. The Labute approximate surface area is 89.0 Å². The molecule has 0 spiro atoms. The van der Waals surface area contributed by atoms with Crippen molar-refractivity contribution >= 4 is 22.8 Å². The molecule has 1 unspecified atom stereocenters. The van der Waals surface area contributed by atoms with Crippen LogP contribution in [0.4, 0.5) is 0 Å². The summed E-state index contributed by atoms with van der Waals surface area (Å²) < 4.78 is 0. The number of hydrogen-bond acceptors (Lipinski definition) is 4. The van der Waals surface area contributed by atoms with Crippen molar-refractivity contribution in [2.75, 3.05) is 12.3 Å². The minimum atomic E-state index is -0.405. The van der Waals surface area contributed by atoms with Crippen LogP contribution in [0.15, 0.2) is 0 Å². The van der Waals surface area contributed by atoms with E-state index in [4.69, 9.17) is 5.73 Å². The molecule has 0 aromatic heterocycles. The fourth-order valence-electron chi connectivity index (χ4n) is 0.747. The molecule has 14 heavy (non-hydrogen) atoms. The lowest BCUT2D eigenvalue weighted by atomic mass is 10.1. The van der Waals surface area contributed by atoms with Gasteiger partial charge in [0.25, 0.3) is 0 Å². The van der Waals surface area contributed by atoms with Crippen LogP contribution >= 0.6 is 11.8 Å². The lowest BCUT2D eigenvalue weighted by molar-refractivity contribution is -0.119. The first-order valence-corrected chi connectivity index (χ1v) is 5.60. The zero-order valence-electron chi connectivity index (χ0n) is 8.87. The Morgan fingerprint density at radius 2 is 2.00 bits per heavy atom. The van der Waals surface area contributed by atoms with Gasteiger partial charge in [-0.3, -0.25) is 9.59 Å². The molecular formula is C9H18N2O2S. The van der Waals surface area contributed by atoms with E-state index < -0.39 is 6.04 Å². The first-order chi connectivity index (χ1) is 6.45. The van der Waals surface area contributed by atoms with Crippen LogP contribution in [0.1, 0.15) is 20.8 Å². The second-order valence-corrected chi connectivity index (χ2v) is 4.52.